The Bertz CT molecular complexity index is 823. The van der Waals surface area contributed by atoms with Crippen LogP contribution in [0.4, 0.5) is 4.39 Å². The Morgan fingerprint density at radius 3 is 2.48 bits per heavy atom. The number of benzene rings is 1. The molecule has 1 heterocycles. The number of amides is 2. The van der Waals surface area contributed by atoms with Gasteiger partial charge in [-0.3, -0.25) is 19.5 Å². The van der Waals surface area contributed by atoms with E-state index in [1.807, 2.05) is 6.07 Å². The lowest BCUT2D eigenvalue weighted by Crippen LogP contribution is -2.40. The number of hydrogen-bond acceptors (Lipinski definition) is 3. The Labute approximate surface area is 170 Å². The molecule has 154 valence electrons. The van der Waals surface area contributed by atoms with Crippen molar-refractivity contribution in [3.8, 4) is 0 Å². The predicted octanol–water partition coefficient (Wildman–Crippen LogP) is 1.73. The van der Waals surface area contributed by atoms with Crippen molar-refractivity contribution in [3.05, 3.63) is 47.8 Å². The fourth-order valence-corrected chi connectivity index (χ4v) is 4.87. The number of likely N-dealkylation sites (tertiary alicyclic amines) is 1. The second kappa shape index (κ2) is 8.35. The van der Waals surface area contributed by atoms with Crippen LogP contribution in [0.3, 0.4) is 0 Å². The minimum Gasteiger partial charge on any atom is -0.356 e. The molecule has 4 rings (SSSR count). The Kier molecular flexibility index (Phi) is 5.65. The van der Waals surface area contributed by atoms with Crippen molar-refractivity contribution in [2.75, 3.05) is 26.7 Å². The molecule has 0 radical (unpaired) electrons. The highest BCUT2D eigenvalue weighted by Gasteiger charge is 2.58. The fourth-order valence-electron chi connectivity index (χ4n) is 4.87. The number of allylic oxidation sites excluding steroid dienone is 2. The summed E-state index contributed by atoms with van der Waals surface area (Å²) in [6.07, 6.45) is 6.54. The quantitative estimate of drug-likeness (QED) is 0.241. The molecule has 29 heavy (non-hydrogen) atoms. The minimum atomic E-state index is -0.232. The first kappa shape index (κ1) is 19.6. The van der Waals surface area contributed by atoms with E-state index >= 15 is 0 Å². The van der Waals surface area contributed by atoms with E-state index in [1.165, 1.54) is 17.0 Å². The van der Waals surface area contributed by atoms with Gasteiger partial charge in [-0.05, 0) is 48.8 Å². The van der Waals surface area contributed by atoms with Crippen molar-refractivity contribution < 1.29 is 14.0 Å². The maximum atomic E-state index is 13.2. The molecule has 4 unspecified atom stereocenters. The summed E-state index contributed by atoms with van der Waals surface area (Å²) in [5.74, 6) is 0.703. The topological polar surface area (TPSA) is 73.8 Å². The third-order valence-corrected chi connectivity index (χ3v) is 6.23. The van der Waals surface area contributed by atoms with Crippen LogP contribution in [0.25, 0.3) is 0 Å². The monoisotopic (exact) mass is 398 g/mol. The first-order valence-corrected chi connectivity index (χ1v) is 10.3. The summed E-state index contributed by atoms with van der Waals surface area (Å²) < 4.78 is 13.2. The van der Waals surface area contributed by atoms with Crippen LogP contribution in [-0.4, -0.2) is 49.4 Å². The average molecular weight is 398 g/mol. The molecule has 1 saturated heterocycles. The lowest BCUT2D eigenvalue weighted by molar-refractivity contribution is -0.140. The Hall–Kier alpha value is -2.70. The molecule has 2 amide bonds. The normalized spacial score (nSPS) is 27.7. The van der Waals surface area contributed by atoms with Crippen molar-refractivity contribution in [2.45, 2.75) is 19.3 Å². The summed E-state index contributed by atoms with van der Waals surface area (Å²) in [5, 5.41) is 6.40. The molecule has 1 saturated carbocycles. The van der Waals surface area contributed by atoms with Crippen molar-refractivity contribution in [3.63, 3.8) is 0 Å². The van der Waals surface area contributed by atoms with Crippen molar-refractivity contribution in [2.24, 2.45) is 28.7 Å². The number of rotatable bonds is 7. The molecule has 4 atom stereocenters. The van der Waals surface area contributed by atoms with Crippen molar-refractivity contribution in [1.82, 2.24) is 15.5 Å². The van der Waals surface area contributed by atoms with Gasteiger partial charge < -0.3 is 10.6 Å². The number of nitrogens with zero attached hydrogens (tertiary/aromatic N) is 2. The van der Waals surface area contributed by atoms with Crippen molar-refractivity contribution in [1.29, 1.82) is 0 Å². The number of nitrogens with one attached hydrogen (secondary N) is 2. The number of hydrogen-bond donors (Lipinski definition) is 2. The number of aliphatic imine (C=N–C) groups is 1. The summed E-state index contributed by atoms with van der Waals surface area (Å²) in [5.41, 5.74) is 0.924. The molecular formula is C22H27FN4O2. The summed E-state index contributed by atoms with van der Waals surface area (Å²) in [4.78, 5) is 31.0. The van der Waals surface area contributed by atoms with E-state index in [-0.39, 0.29) is 41.3 Å². The smallest absolute Gasteiger partial charge is 0.233 e. The first-order chi connectivity index (χ1) is 14.1. The molecule has 2 bridgehead atoms. The molecule has 2 fully saturated rings. The van der Waals surface area contributed by atoms with Crippen LogP contribution in [0.2, 0.25) is 0 Å². The lowest BCUT2D eigenvalue weighted by atomic mass is 9.85. The third kappa shape index (κ3) is 3.91. The highest BCUT2D eigenvalue weighted by molar-refractivity contribution is 6.06. The van der Waals surface area contributed by atoms with Crippen LogP contribution in [-0.2, 0) is 16.0 Å². The van der Waals surface area contributed by atoms with Gasteiger partial charge >= 0.3 is 0 Å². The van der Waals surface area contributed by atoms with Gasteiger partial charge in [0.1, 0.15) is 5.82 Å². The van der Waals surface area contributed by atoms with Gasteiger partial charge in [-0.15, -0.1) is 0 Å². The number of halogens is 1. The molecule has 6 nitrogen and oxygen atoms in total. The second-order valence-corrected chi connectivity index (χ2v) is 7.99. The van der Waals surface area contributed by atoms with Gasteiger partial charge in [0, 0.05) is 26.7 Å². The highest BCUT2D eigenvalue weighted by atomic mass is 19.1. The molecule has 0 aromatic heterocycles. The number of guanidine groups is 1. The zero-order chi connectivity index (χ0) is 20.4. The van der Waals surface area contributed by atoms with E-state index in [1.54, 1.807) is 13.1 Å². The summed E-state index contributed by atoms with van der Waals surface area (Å²) in [6, 6.07) is 6.55. The second-order valence-electron chi connectivity index (χ2n) is 7.99. The number of carbonyl (C=O) groups excluding carboxylic acids is 2. The zero-order valence-electron chi connectivity index (χ0n) is 16.6. The molecule has 1 aromatic carbocycles. The van der Waals surface area contributed by atoms with Gasteiger partial charge in [-0.25, -0.2) is 4.39 Å². The van der Waals surface area contributed by atoms with Gasteiger partial charge in [0.05, 0.1) is 11.8 Å². The number of carbonyl (C=O) groups is 2. The van der Waals surface area contributed by atoms with Crippen LogP contribution >= 0.6 is 0 Å². The first-order valence-electron chi connectivity index (χ1n) is 10.3. The van der Waals surface area contributed by atoms with E-state index in [2.05, 4.69) is 27.8 Å². The van der Waals surface area contributed by atoms with E-state index < -0.39 is 0 Å². The standard InChI is InChI=1S/C22H27FN4O2/c1-24-22(26-10-8-14-4-2-5-17(23)12-14)25-9-3-11-27-20(28)18-15-6-7-16(13-15)19(18)21(27)29/h2,4-7,12,15-16,18-19H,3,8-11,13H2,1H3,(H2,24,25,26). The predicted molar refractivity (Wildman–Crippen MR) is 109 cm³/mol. The van der Waals surface area contributed by atoms with E-state index in [9.17, 15) is 14.0 Å². The fraction of sp³-hybridized carbons (Fsp3) is 0.500. The Balaban J connectivity index is 1.18. The van der Waals surface area contributed by atoms with Gasteiger partial charge in [-0.1, -0.05) is 24.3 Å². The van der Waals surface area contributed by atoms with Gasteiger partial charge in [-0.2, -0.15) is 0 Å². The maximum absolute atomic E-state index is 13.2. The van der Waals surface area contributed by atoms with Crippen LogP contribution in [0.5, 0.6) is 0 Å². The lowest BCUT2D eigenvalue weighted by Gasteiger charge is -2.18. The third-order valence-electron chi connectivity index (χ3n) is 6.23. The highest BCUT2D eigenvalue weighted by Crippen LogP contribution is 2.52. The van der Waals surface area contributed by atoms with Crippen LogP contribution in [0, 0.1) is 29.5 Å². The van der Waals surface area contributed by atoms with Gasteiger partial charge in [0.2, 0.25) is 11.8 Å². The molecule has 1 aliphatic heterocycles. The van der Waals surface area contributed by atoms with Gasteiger partial charge in [0.15, 0.2) is 5.96 Å². The largest absolute Gasteiger partial charge is 0.356 e. The number of imide groups is 1. The van der Waals surface area contributed by atoms with E-state index in [4.69, 9.17) is 0 Å². The molecule has 2 aliphatic carbocycles. The zero-order valence-corrected chi connectivity index (χ0v) is 16.6. The molecule has 2 N–H and O–H groups in total. The Morgan fingerprint density at radius 1 is 1.14 bits per heavy atom. The van der Waals surface area contributed by atoms with Gasteiger partial charge in [0.25, 0.3) is 0 Å². The maximum Gasteiger partial charge on any atom is 0.233 e. The van der Waals surface area contributed by atoms with Crippen LogP contribution in [0.15, 0.2) is 41.4 Å². The molecule has 1 aromatic rings. The van der Waals surface area contributed by atoms with Crippen molar-refractivity contribution >= 4 is 17.8 Å². The summed E-state index contributed by atoms with van der Waals surface area (Å²) >= 11 is 0. The van der Waals surface area contributed by atoms with E-state index in [0.717, 1.165) is 12.0 Å². The molecule has 3 aliphatic rings. The minimum absolute atomic E-state index is 0.00875. The van der Waals surface area contributed by atoms with Crippen LogP contribution < -0.4 is 10.6 Å². The summed E-state index contributed by atoms with van der Waals surface area (Å²) in [7, 11) is 1.69. The molecule has 7 heteroatoms. The molecule has 0 spiro atoms. The average Bonchev–Trinajstić information content (AvgIpc) is 3.39. The van der Waals surface area contributed by atoms with Crippen LogP contribution in [0.1, 0.15) is 18.4 Å². The Morgan fingerprint density at radius 2 is 1.83 bits per heavy atom. The summed E-state index contributed by atoms with van der Waals surface area (Å²) in [6.45, 7) is 1.68. The SMILES string of the molecule is CN=C(NCCCN1C(=O)C2C3C=CC(C3)C2C1=O)NCCc1cccc(F)c1. The molecular weight excluding hydrogens is 371 g/mol. The van der Waals surface area contributed by atoms with E-state index in [0.29, 0.717) is 38.4 Å². The number of fused-ring (bicyclic) bond motifs is 5.